The number of aromatic nitrogens is 4. The fraction of sp³-hybridized carbons (Fsp3) is 0.360. The number of pyridine rings is 2. The number of anilines is 1. The van der Waals surface area contributed by atoms with E-state index in [1.807, 2.05) is 20.2 Å². The van der Waals surface area contributed by atoms with Crippen molar-refractivity contribution in [1.82, 2.24) is 35.1 Å². The van der Waals surface area contributed by atoms with Crippen molar-refractivity contribution in [3.63, 3.8) is 0 Å². The maximum absolute atomic E-state index is 13.6. The molecule has 1 saturated heterocycles. The van der Waals surface area contributed by atoms with Crippen molar-refractivity contribution in [3.8, 4) is 11.3 Å². The fourth-order valence-corrected chi connectivity index (χ4v) is 4.01. The van der Waals surface area contributed by atoms with Crippen LogP contribution in [0.4, 0.5) is 5.95 Å². The van der Waals surface area contributed by atoms with E-state index in [4.69, 9.17) is 0 Å². The first-order chi connectivity index (χ1) is 17.0. The van der Waals surface area contributed by atoms with Gasteiger partial charge in [-0.05, 0) is 45.3 Å². The minimum atomic E-state index is -0.266. The van der Waals surface area contributed by atoms with Crippen LogP contribution in [0.2, 0.25) is 0 Å². The molecule has 0 aromatic carbocycles. The number of nitrogens with zero attached hydrogens (tertiary/aromatic N) is 7. The average Bonchev–Trinajstić information content (AvgIpc) is 2.91. The van der Waals surface area contributed by atoms with Gasteiger partial charge in [-0.1, -0.05) is 6.07 Å². The van der Waals surface area contributed by atoms with Crippen LogP contribution < -0.4 is 10.2 Å². The molecule has 1 aliphatic rings. The van der Waals surface area contributed by atoms with E-state index in [-0.39, 0.29) is 11.8 Å². The van der Waals surface area contributed by atoms with Gasteiger partial charge in [-0.15, -0.1) is 0 Å². The number of rotatable bonds is 8. The summed E-state index contributed by atoms with van der Waals surface area (Å²) in [5, 5.41) is 2.96. The van der Waals surface area contributed by atoms with E-state index in [2.05, 4.69) is 35.1 Å². The Hall–Kier alpha value is -3.92. The Morgan fingerprint density at radius 3 is 2.34 bits per heavy atom. The Bertz CT molecular complexity index is 1130. The number of carbonyl (C=O) groups excluding carboxylic acids is 2. The summed E-state index contributed by atoms with van der Waals surface area (Å²) in [6.45, 7) is 3.66. The monoisotopic (exact) mass is 474 g/mol. The van der Waals surface area contributed by atoms with E-state index in [0.29, 0.717) is 61.1 Å². The zero-order valence-electron chi connectivity index (χ0n) is 20.1. The molecule has 1 aliphatic heterocycles. The SMILES string of the molecule is CN(C)CCCNC(=O)c1cncc(C(=O)N2CCN(c3ncccn3)CC2)c1-c1ccccn1. The lowest BCUT2D eigenvalue weighted by molar-refractivity contribution is 0.0746. The topological polar surface area (TPSA) is 107 Å². The highest BCUT2D eigenvalue weighted by atomic mass is 16.2. The van der Waals surface area contributed by atoms with Crippen LogP contribution in [-0.4, -0.2) is 94.9 Å². The number of hydrogen-bond donors (Lipinski definition) is 1. The molecule has 10 nitrogen and oxygen atoms in total. The Kier molecular flexibility index (Phi) is 7.94. The number of nitrogens with one attached hydrogen (secondary N) is 1. The molecule has 0 radical (unpaired) electrons. The number of piperazine rings is 1. The summed E-state index contributed by atoms with van der Waals surface area (Å²) in [5.74, 6) is 0.218. The molecule has 2 amide bonds. The number of carbonyl (C=O) groups is 2. The zero-order chi connectivity index (χ0) is 24.6. The van der Waals surface area contributed by atoms with Crippen molar-refractivity contribution in [2.45, 2.75) is 6.42 Å². The summed E-state index contributed by atoms with van der Waals surface area (Å²) in [6, 6.07) is 7.23. The molecule has 0 spiro atoms. The lowest BCUT2D eigenvalue weighted by atomic mass is 9.98. The van der Waals surface area contributed by atoms with Crippen LogP contribution in [0.25, 0.3) is 11.3 Å². The quantitative estimate of drug-likeness (QED) is 0.491. The minimum Gasteiger partial charge on any atom is -0.352 e. The minimum absolute atomic E-state index is 0.172. The maximum atomic E-state index is 13.6. The van der Waals surface area contributed by atoms with Gasteiger partial charge in [0.15, 0.2) is 0 Å². The molecule has 0 bridgehead atoms. The highest BCUT2D eigenvalue weighted by Crippen LogP contribution is 2.27. The summed E-state index contributed by atoms with van der Waals surface area (Å²) >= 11 is 0. The molecule has 0 saturated carbocycles. The normalized spacial score (nSPS) is 13.7. The molecular formula is C25H30N8O2. The summed E-state index contributed by atoms with van der Waals surface area (Å²) in [4.78, 5) is 49.9. The summed E-state index contributed by atoms with van der Waals surface area (Å²) < 4.78 is 0. The van der Waals surface area contributed by atoms with Crippen LogP contribution in [0.1, 0.15) is 27.1 Å². The molecule has 3 aromatic rings. The zero-order valence-corrected chi connectivity index (χ0v) is 20.1. The summed E-state index contributed by atoms with van der Waals surface area (Å²) in [5.41, 5.74) is 1.78. The second-order valence-electron chi connectivity index (χ2n) is 8.57. The van der Waals surface area contributed by atoms with Crippen LogP contribution in [0.3, 0.4) is 0 Å². The molecule has 35 heavy (non-hydrogen) atoms. The molecule has 10 heteroatoms. The van der Waals surface area contributed by atoms with E-state index in [9.17, 15) is 9.59 Å². The van der Waals surface area contributed by atoms with Crippen LogP contribution in [0.15, 0.2) is 55.2 Å². The standard InChI is InChI=1S/C25H30N8O2/c1-31(2)12-6-11-28-23(34)19-17-26-18-20(22(19)21-7-3-4-8-27-21)24(35)32-13-15-33(16-14-32)25-29-9-5-10-30-25/h3-5,7-10,17-18H,6,11-16H2,1-2H3,(H,28,34). The molecule has 0 unspecified atom stereocenters. The third-order valence-electron chi connectivity index (χ3n) is 5.81. The Balaban J connectivity index is 1.56. The van der Waals surface area contributed by atoms with Gasteiger partial charge in [-0.2, -0.15) is 0 Å². The lowest BCUT2D eigenvalue weighted by Crippen LogP contribution is -2.49. The molecule has 1 fully saturated rings. The van der Waals surface area contributed by atoms with Gasteiger partial charge in [0.1, 0.15) is 0 Å². The van der Waals surface area contributed by atoms with Crippen molar-refractivity contribution in [2.24, 2.45) is 0 Å². The van der Waals surface area contributed by atoms with Crippen LogP contribution >= 0.6 is 0 Å². The second kappa shape index (κ2) is 11.5. The molecule has 4 rings (SSSR count). The molecule has 3 aromatic heterocycles. The van der Waals surface area contributed by atoms with Gasteiger partial charge in [0, 0.05) is 69.3 Å². The Labute approximate surface area is 205 Å². The van der Waals surface area contributed by atoms with Crippen molar-refractivity contribution < 1.29 is 9.59 Å². The first-order valence-electron chi connectivity index (χ1n) is 11.7. The Morgan fingerprint density at radius 2 is 1.66 bits per heavy atom. The fourth-order valence-electron chi connectivity index (χ4n) is 4.01. The summed E-state index contributed by atoms with van der Waals surface area (Å²) in [6.07, 6.45) is 8.93. The molecule has 0 aliphatic carbocycles. The van der Waals surface area contributed by atoms with E-state index in [1.54, 1.807) is 41.7 Å². The smallest absolute Gasteiger partial charge is 0.256 e. The second-order valence-corrected chi connectivity index (χ2v) is 8.57. The molecule has 0 atom stereocenters. The first-order valence-corrected chi connectivity index (χ1v) is 11.7. The third kappa shape index (κ3) is 5.96. The molecule has 1 N–H and O–H groups in total. The molecule has 4 heterocycles. The van der Waals surface area contributed by atoms with E-state index >= 15 is 0 Å². The van der Waals surface area contributed by atoms with Gasteiger partial charge in [0.05, 0.1) is 16.8 Å². The van der Waals surface area contributed by atoms with Gasteiger partial charge in [-0.25, -0.2) is 9.97 Å². The third-order valence-corrected chi connectivity index (χ3v) is 5.81. The molecule has 182 valence electrons. The largest absolute Gasteiger partial charge is 0.352 e. The highest BCUT2D eigenvalue weighted by Gasteiger charge is 2.28. The van der Waals surface area contributed by atoms with Crippen molar-refractivity contribution in [3.05, 3.63) is 66.4 Å². The van der Waals surface area contributed by atoms with Gasteiger partial charge in [-0.3, -0.25) is 19.6 Å². The maximum Gasteiger partial charge on any atom is 0.256 e. The number of hydrogen-bond acceptors (Lipinski definition) is 8. The van der Waals surface area contributed by atoms with Crippen LogP contribution in [0.5, 0.6) is 0 Å². The van der Waals surface area contributed by atoms with Crippen molar-refractivity contribution in [1.29, 1.82) is 0 Å². The van der Waals surface area contributed by atoms with E-state index in [0.717, 1.165) is 13.0 Å². The average molecular weight is 475 g/mol. The number of amides is 2. The lowest BCUT2D eigenvalue weighted by Gasteiger charge is -2.35. The first kappa shape index (κ1) is 24.2. The highest BCUT2D eigenvalue weighted by molar-refractivity contribution is 6.08. The van der Waals surface area contributed by atoms with Crippen LogP contribution in [0, 0.1) is 0 Å². The van der Waals surface area contributed by atoms with Gasteiger partial charge in [0.25, 0.3) is 11.8 Å². The summed E-state index contributed by atoms with van der Waals surface area (Å²) in [7, 11) is 3.99. The van der Waals surface area contributed by atoms with Crippen LogP contribution in [-0.2, 0) is 0 Å². The van der Waals surface area contributed by atoms with Gasteiger partial charge >= 0.3 is 0 Å². The van der Waals surface area contributed by atoms with E-state index < -0.39 is 0 Å². The Morgan fingerprint density at radius 1 is 0.943 bits per heavy atom. The van der Waals surface area contributed by atoms with Crippen molar-refractivity contribution in [2.75, 3.05) is 58.3 Å². The predicted octanol–water partition coefficient (Wildman–Crippen LogP) is 1.58. The molecular weight excluding hydrogens is 444 g/mol. The van der Waals surface area contributed by atoms with Gasteiger partial charge < -0.3 is 20.0 Å². The van der Waals surface area contributed by atoms with E-state index in [1.165, 1.54) is 12.4 Å². The predicted molar refractivity (Wildman–Crippen MR) is 133 cm³/mol. The van der Waals surface area contributed by atoms with Crippen molar-refractivity contribution >= 4 is 17.8 Å². The van der Waals surface area contributed by atoms with Gasteiger partial charge in [0.2, 0.25) is 5.95 Å².